The van der Waals surface area contributed by atoms with E-state index in [0.29, 0.717) is 11.9 Å². The molecular formula is C13H23N5. The van der Waals surface area contributed by atoms with E-state index in [2.05, 4.69) is 27.1 Å². The van der Waals surface area contributed by atoms with Gasteiger partial charge in [-0.05, 0) is 38.4 Å². The van der Waals surface area contributed by atoms with E-state index < -0.39 is 0 Å². The van der Waals surface area contributed by atoms with E-state index in [9.17, 15) is 0 Å². The summed E-state index contributed by atoms with van der Waals surface area (Å²) < 4.78 is 0. The van der Waals surface area contributed by atoms with Crippen LogP contribution in [0, 0.1) is 0 Å². The number of hydrogen-bond donors (Lipinski definition) is 2. The van der Waals surface area contributed by atoms with E-state index in [-0.39, 0.29) is 0 Å². The first-order valence-corrected chi connectivity index (χ1v) is 6.81. The molecule has 3 N–H and O–H groups in total. The standard InChI is InChI=1S/C13H23N5/c1-2-8-18(9-11-4-3-6-15-11)10-13-16-7-5-12(14)17-13/h5,7,11,15H,2-4,6,8-10H2,1H3,(H2,14,16,17). The smallest absolute Gasteiger partial charge is 0.144 e. The van der Waals surface area contributed by atoms with Crippen LogP contribution in [-0.4, -0.2) is 40.5 Å². The number of nitrogens with zero attached hydrogens (tertiary/aromatic N) is 3. The van der Waals surface area contributed by atoms with Crippen LogP contribution in [0.2, 0.25) is 0 Å². The summed E-state index contributed by atoms with van der Waals surface area (Å²) in [5, 5.41) is 3.54. The first-order chi connectivity index (χ1) is 8.78. The Balaban J connectivity index is 1.92. The monoisotopic (exact) mass is 249 g/mol. The van der Waals surface area contributed by atoms with Gasteiger partial charge in [0.1, 0.15) is 11.6 Å². The highest BCUT2D eigenvalue weighted by Gasteiger charge is 2.18. The van der Waals surface area contributed by atoms with Crippen LogP contribution in [0.3, 0.4) is 0 Å². The topological polar surface area (TPSA) is 67.1 Å². The van der Waals surface area contributed by atoms with Gasteiger partial charge in [-0.1, -0.05) is 6.92 Å². The molecule has 1 unspecified atom stereocenters. The molecule has 2 heterocycles. The number of nitrogen functional groups attached to an aromatic ring is 1. The van der Waals surface area contributed by atoms with Gasteiger partial charge in [0, 0.05) is 18.8 Å². The molecule has 1 aromatic rings. The molecule has 1 aromatic heterocycles. The van der Waals surface area contributed by atoms with E-state index >= 15 is 0 Å². The largest absolute Gasteiger partial charge is 0.384 e. The lowest BCUT2D eigenvalue weighted by atomic mass is 10.2. The Hall–Kier alpha value is -1.20. The highest BCUT2D eigenvalue weighted by Crippen LogP contribution is 2.09. The second kappa shape index (κ2) is 6.66. The van der Waals surface area contributed by atoms with Crippen molar-refractivity contribution in [2.45, 2.75) is 38.8 Å². The third kappa shape index (κ3) is 3.92. The maximum absolute atomic E-state index is 5.69. The fourth-order valence-electron chi connectivity index (χ4n) is 2.47. The van der Waals surface area contributed by atoms with Crippen LogP contribution in [0.25, 0.3) is 0 Å². The summed E-state index contributed by atoms with van der Waals surface area (Å²) in [4.78, 5) is 11.0. The quantitative estimate of drug-likeness (QED) is 0.788. The molecule has 100 valence electrons. The zero-order valence-electron chi connectivity index (χ0n) is 11.1. The lowest BCUT2D eigenvalue weighted by molar-refractivity contribution is 0.236. The van der Waals surface area contributed by atoms with Crippen LogP contribution < -0.4 is 11.1 Å². The molecular weight excluding hydrogens is 226 g/mol. The molecule has 0 amide bonds. The number of aromatic nitrogens is 2. The Kier molecular flexibility index (Phi) is 4.90. The Labute approximate surface area is 109 Å². The summed E-state index contributed by atoms with van der Waals surface area (Å²) >= 11 is 0. The summed E-state index contributed by atoms with van der Waals surface area (Å²) in [7, 11) is 0. The number of nitrogens with one attached hydrogen (secondary N) is 1. The average Bonchev–Trinajstić information content (AvgIpc) is 2.82. The maximum atomic E-state index is 5.69. The lowest BCUT2D eigenvalue weighted by Gasteiger charge is -2.24. The number of hydrogen-bond acceptors (Lipinski definition) is 5. The first kappa shape index (κ1) is 13.2. The molecule has 1 atom stereocenters. The van der Waals surface area contributed by atoms with Gasteiger partial charge in [0.05, 0.1) is 6.54 Å². The molecule has 1 aliphatic rings. The molecule has 18 heavy (non-hydrogen) atoms. The number of nitrogens with two attached hydrogens (primary N) is 1. The second-order valence-electron chi connectivity index (χ2n) is 4.93. The van der Waals surface area contributed by atoms with Crippen molar-refractivity contribution in [2.75, 3.05) is 25.4 Å². The molecule has 0 saturated carbocycles. The summed E-state index contributed by atoms with van der Waals surface area (Å²) in [6.07, 6.45) is 5.45. The summed E-state index contributed by atoms with van der Waals surface area (Å²) in [5.41, 5.74) is 5.69. The molecule has 1 fully saturated rings. The van der Waals surface area contributed by atoms with Crippen molar-refractivity contribution in [3.63, 3.8) is 0 Å². The molecule has 1 aliphatic heterocycles. The molecule has 0 radical (unpaired) electrons. The van der Waals surface area contributed by atoms with Crippen LogP contribution in [0.1, 0.15) is 32.0 Å². The van der Waals surface area contributed by atoms with Gasteiger partial charge in [0.15, 0.2) is 0 Å². The predicted molar refractivity (Wildman–Crippen MR) is 73.0 cm³/mol. The first-order valence-electron chi connectivity index (χ1n) is 6.81. The Morgan fingerprint density at radius 3 is 3.11 bits per heavy atom. The Bertz CT molecular complexity index is 362. The molecule has 0 spiro atoms. The minimum Gasteiger partial charge on any atom is -0.384 e. The summed E-state index contributed by atoms with van der Waals surface area (Å²) in [5.74, 6) is 1.37. The lowest BCUT2D eigenvalue weighted by Crippen LogP contribution is -2.38. The van der Waals surface area contributed by atoms with Crippen molar-refractivity contribution in [1.82, 2.24) is 20.2 Å². The van der Waals surface area contributed by atoms with E-state index in [1.54, 1.807) is 12.3 Å². The van der Waals surface area contributed by atoms with Crippen LogP contribution in [0.15, 0.2) is 12.3 Å². The third-order valence-electron chi connectivity index (χ3n) is 3.27. The van der Waals surface area contributed by atoms with Gasteiger partial charge >= 0.3 is 0 Å². The van der Waals surface area contributed by atoms with Crippen molar-refractivity contribution < 1.29 is 0 Å². The highest BCUT2D eigenvalue weighted by molar-refractivity contribution is 5.24. The van der Waals surface area contributed by atoms with E-state index in [4.69, 9.17) is 5.73 Å². The Morgan fingerprint density at radius 2 is 2.44 bits per heavy atom. The van der Waals surface area contributed by atoms with Crippen LogP contribution in [0.4, 0.5) is 5.82 Å². The normalized spacial score (nSPS) is 19.6. The summed E-state index contributed by atoms with van der Waals surface area (Å²) in [6.45, 7) is 6.30. The molecule has 1 saturated heterocycles. The van der Waals surface area contributed by atoms with Crippen molar-refractivity contribution in [1.29, 1.82) is 0 Å². The minimum atomic E-state index is 0.551. The van der Waals surface area contributed by atoms with E-state index in [1.165, 1.54) is 12.8 Å². The molecule has 0 bridgehead atoms. The molecule has 0 aromatic carbocycles. The molecule has 0 aliphatic carbocycles. The van der Waals surface area contributed by atoms with Gasteiger partial charge in [-0.2, -0.15) is 0 Å². The van der Waals surface area contributed by atoms with E-state index in [0.717, 1.165) is 38.4 Å². The zero-order valence-corrected chi connectivity index (χ0v) is 11.1. The van der Waals surface area contributed by atoms with Gasteiger partial charge in [0.2, 0.25) is 0 Å². The van der Waals surface area contributed by atoms with Crippen molar-refractivity contribution in [2.24, 2.45) is 0 Å². The number of rotatable bonds is 6. The third-order valence-corrected chi connectivity index (χ3v) is 3.27. The number of anilines is 1. The maximum Gasteiger partial charge on any atom is 0.144 e. The summed E-state index contributed by atoms with van der Waals surface area (Å²) in [6, 6.07) is 2.35. The van der Waals surface area contributed by atoms with Gasteiger partial charge in [0.25, 0.3) is 0 Å². The van der Waals surface area contributed by atoms with Crippen molar-refractivity contribution in [3.05, 3.63) is 18.1 Å². The van der Waals surface area contributed by atoms with Gasteiger partial charge in [-0.25, -0.2) is 9.97 Å². The van der Waals surface area contributed by atoms with Crippen LogP contribution in [-0.2, 0) is 6.54 Å². The fraction of sp³-hybridized carbons (Fsp3) is 0.692. The second-order valence-corrected chi connectivity index (χ2v) is 4.93. The van der Waals surface area contributed by atoms with Gasteiger partial charge in [-0.3, -0.25) is 4.90 Å². The van der Waals surface area contributed by atoms with Crippen LogP contribution in [0.5, 0.6) is 0 Å². The van der Waals surface area contributed by atoms with Gasteiger partial charge < -0.3 is 11.1 Å². The molecule has 2 rings (SSSR count). The van der Waals surface area contributed by atoms with Crippen LogP contribution >= 0.6 is 0 Å². The highest BCUT2D eigenvalue weighted by atomic mass is 15.2. The van der Waals surface area contributed by atoms with Crippen molar-refractivity contribution >= 4 is 5.82 Å². The predicted octanol–water partition coefficient (Wildman–Crippen LogP) is 1.02. The fourth-order valence-corrected chi connectivity index (χ4v) is 2.47. The SMILES string of the molecule is CCCN(Cc1nccc(N)n1)CC1CCCN1. The van der Waals surface area contributed by atoms with E-state index in [1.807, 2.05) is 0 Å². The Morgan fingerprint density at radius 1 is 1.56 bits per heavy atom. The van der Waals surface area contributed by atoms with Gasteiger partial charge in [-0.15, -0.1) is 0 Å². The zero-order chi connectivity index (χ0) is 12.8. The minimum absolute atomic E-state index is 0.551. The van der Waals surface area contributed by atoms with Crippen molar-refractivity contribution in [3.8, 4) is 0 Å². The average molecular weight is 249 g/mol. The molecule has 5 heteroatoms. The molecule has 5 nitrogen and oxygen atoms in total.